The lowest BCUT2D eigenvalue weighted by atomic mass is 10.0. The monoisotopic (exact) mass is 372 g/mol. The number of unbranched alkanes of at least 4 members (excludes halogenated alkanes) is 1. The summed E-state index contributed by atoms with van der Waals surface area (Å²) in [7, 11) is 0. The lowest BCUT2D eigenvalue weighted by Gasteiger charge is -2.10. The molecule has 0 bridgehead atoms. The van der Waals surface area contributed by atoms with Crippen LogP contribution in [0, 0.1) is 0 Å². The van der Waals surface area contributed by atoms with E-state index in [1.165, 1.54) is 6.07 Å². The molecule has 1 heterocycles. The maximum Gasteiger partial charge on any atom is 0.249 e. The summed E-state index contributed by atoms with van der Waals surface area (Å²) in [4.78, 5) is 26.6. The van der Waals surface area contributed by atoms with E-state index in [9.17, 15) is 9.59 Å². The average molecular weight is 374 g/mol. The topological polar surface area (TPSA) is 76.0 Å². The number of pyridine rings is 1. The number of aromatic amines is 1. The molecule has 2 rings (SSSR count). The Morgan fingerprint density at radius 2 is 2.00 bits per heavy atom. The zero-order chi connectivity index (χ0) is 14.5. The highest BCUT2D eigenvalue weighted by atomic mass is 79.9. The van der Waals surface area contributed by atoms with Crippen molar-refractivity contribution in [3.8, 4) is 0 Å². The van der Waals surface area contributed by atoms with E-state index >= 15 is 0 Å². The molecule has 0 spiro atoms. The standard InChI is InChI=1S/C15H17BrN2O2.ClH/c16-12(6-3-4-8-17)15(20)11-9-14(19)18-13-7-2-1-5-10(11)13;/h1-2,5,7,9,12H,3-4,6,8,17H2,(H,18,19);1H. The first kappa shape index (κ1) is 17.9. The van der Waals surface area contributed by atoms with Gasteiger partial charge in [0.05, 0.1) is 4.83 Å². The van der Waals surface area contributed by atoms with Crippen molar-refractivity contribution < 1.29 is 4.79 Å². The van der Waals surface area contributed by atoms with E-state index in [2.05, 4.69) is 20.9 Å². The van der Waals surface area contributed by atoms with E-state index in [1.807, 2.05) is 18.2 Å². The number of aromatic nitrogens is 1. The van der Waals surface area contributed by atoms with E-state index in [0.29, 0.717) is 17.6 Å². The summed E-state index contributed by atoms with van der Waals surface area (Å²) in [6, 6.07) is 8.71. The lowest BCUT2D eigenvalue weighted by Crippen LogP contribution is -2.18. The first-order valence-electron chi connectivity index (χ1n) is 6.64. The van der Waals surface area contributed by atoms with Crippen LogP contribution in [0.3, 0.4) is 0 Å². The number of benzene rings is 1. The minimum atomic E-state index is -0.278. The number of nitrogens with one attached hydrogen (secondary N) is 1. The number of Topliss-reactive ketones (excluding diaryl/α,β-unsaturated/α-hetero) is 1. The summed E-state index contributed by atoms with van der Waals surface area (Å²) < 4.78 is 0. The minimum absolute atomic E-state index is 0. The van der Waals surface area contributed by atoms with E-state index in [4.69, 9.17) is 5.73 Å². The Morgan fingerprint density at radius 3 is 2.71 bits per heavy atom. The number of nitrogens with two attached hydrogens (primary N) is 1. The summed E-state index contributed by atoms with van der Waals surface area (Å²) in [5, 5.41) is 0.778. The van der Waals surface area contributed by atoms with E-state index < -0.39 is 0 Å². The molecule has 6 heteroatoms. The molecule has 0 amide bonds. The molecule has 3 N–H and O–H groups in total. The molecule has 0 aliphatic rings. The van der Waals surface area contributed by atoms with Crippen LogP contribution in [-0.4, -0.2) is 22.1 Å². The van der Waals surface area contributed by atoms with Gasteiger partial charge in [-0.1, -0.05) is 40.5 Å². The molecule has 0 saturated heterocycles. The fourth-order valence-electron chi connectivity index (χ4n) is 2.18. The smallest absolute Gasteiger partial charge is 0.249 e. The van der Waals surface area contributed by atoms with Crippen LogP contribution in [-0.2, 0) is 0 Å². The third-order valence-electron chi connectivity index (χ3n) is 3.21. The van der Waals surface area contributed by atoms with Crippen LogP contribution in [0.1, 0.15) is 29.6 Å². The number of hydrogen-bond donors (Lipinski definition) is 2. The minimum Gasteiger partial charge on any atom is -0.330 e. The Bertz CT molecular complexity index is 672. The normalized spacial score (nSPS) is 11.9. The highest BCUT2D eigenvalue weighted by Crippen LogP contribution is 2.21. The zero-order valence-electron chi connectivity index (χ0n) is 11.5. The van der Waals surface area contributed by atoms with Gasteiger partial charge in [-0.2, -0.15) is 0 Å². The van der Waals surface area contributed by atoms with Crippen molar-refractivity contribution in [2.24, 2.45) is 5.73 Å². The Morgan fingerprint density at radius 1 is 1.29 bits per heavy atom. The fraction of sp³-hybridized carbons (Fsp3) is 0.333. The number of ketones is 1. The van der Waals surface area contributed by atoms with Crippen molar-refractivity contribution in [2.75, 3.05) is 6.54 Å². The molecule has 21 heavy (non-hydrogen) atoms. The van der Waals surface area contributed by atoms with Crippen LogP contribution in [0.15, 0.2) is 35.1 Å². The van der Waals surface area contributed by atoms with Crippen LogP contribution in [0.2, 0.25) is 0 Å². The van der Waals surface area contributed by atoms with Gasteiger partial charge in [-0.05, 0) is 25.5 Å². The molecule has 0 aliphatic heterocycles. The number of H-pyrrole nitrogens is 1. The number of carbonyl (C=O) groups is 1. The summed E-state index contributed by atoms with van der Waals surface area (Å²) >= 11 is 3.42. The Balaban J connectivity index is 0.00000220. The number of halogens is 2. The number of para-hydroxylation sites is 1. The number of fused-ring (bicyclic) bond motifs is 1. The molecule has 0 radical (unpaired) electrons. The average Bonchev–Trinajstić information content (AvgIpc) is 2.45. The predicted octanol–water partition coefficient (Wildman–Crippen LogP) is 3.03. The SMILES string of the molecule is Cl.NCCCCC(Br)C(=O)c1cc(=O)[nH]c2ccccc12. The molecule has 0 fully saturated rings. The summed E-state index contributed by atoms with van der Waals surface area (Å²) in [5.41, 5.74) is 6.35. The third-order valence-corrected chi connectivity index (χ3v) is 4.09. The summed E-state index contributed by atoms with van der Waals surface area (Å²) in [6.07, 6.45) is 2.50. The van der Waals surface area contributed by atoms with Gasteiger partial charge in [-0.15, -0.1) is 12.4 Å². The van der Waals surface area contributed by atoms with Gasteiger partial charge in [0, 0.05) is 22.5 Å². The summed E-state index contributed by atoms with van der Waals surface area (Å²) in [5.74, 6) is -0.0516. The van der Waals surface area contributed by atoms with Gasteiger partial charge < -0.3 is 10.7 Å². The van der Waals surface area contributed by atoms with Crippen LogP contribution in [0.5, 0.6) is 0 Å². The second-order valence-electron chi connectivity index (χ2n) is 4.71. The molecule has 2 aromatic rings. The van der Waals surface area contributed by atoms with Crippen molar-refractivity contribution in [1.29, 1.82) is 0 Å². The van der Waals surface area contributed by atoms with E-state index in [0.717, 1.165) is 24.6 Å². The van der Waals surface area contributed by atoms with Crippen molar-refractivity contribution in [1.82, 2.24) is 4.98 Å². The van der Waals surface area contributed by atoms with Gasteiger partial charge in [0.25, 0.3) is 0 Å². The van der Waals surface area contributed by atoms with Gasteiger partial charge >= 0.3 is 0 Å². The Labute approximate surface area is 137 Å². The quantitative estimate of drug-likeness (QED) is 0.464. The molecule has 4 nitrogen and oxygen atoms in total. The molecular weight excluding hydrogens is 356 g/mol. The Kier molecular flexibility index (Phi) is 7.08. The van der Waals surface area contributed by atoms with Gasteiger partial charge in [-0.3, -0.25) is 9.59 Å². The van der Waals surface area contributed by atoms with Crippen molar-refractivity contribution in [2.45, 2.75) is 24.1 Å². The van der Waals surface area contributed by atoms with Crippen molar-refractivity contribution in [3.05, 3.63) is 46.2 Å². The van der Waals surface area contributed by atoms with Gasteiger partial charge in [0.15, 0.2) is 5.78 Å². The maximum atomic E-state index is 12.5. The van der Waals surface area contributed by atoms with E-state index in [1.54, 1.807) is 6.07 Å². The zero-order valence-corrected chi connectivity index (χ0v) is 13.9. The number of alkyl halides is 1. The molecule has 1 aromatic carbocycles. The van der Waals surface area contributed by atoms with Crippen molar-refractivity contribution >= 4 is 45.0 Å². The molecule has 0 saturated carbocycles. The fourth-order valence-corrected chi connectivity index (χ4v) is 2.75. The first-order valence-corrected chi connectivity index (χ1v) is 7.55. The lowest BCUT2D eigenvalue weighted by molar-refractivity contribution is 0.0989. The number of hydrogen-bond acceptors (Lipinski definition) is 3. The second kappa shape index (κ2) is 8.32. The molecule has 114 valence electrons. The first-order chi connectivity index (χ1) is 9.63. The van der Waals surface area contributed by atoms with Crippen LogP contribution in [0.25, 0.3) is 10.9 Å². The predicted molar refractivity (Wildman–Crippen MR) is 91.8 cm³/mol. The number of carbonyl (C=O) groups excluding carboxylic acids is 1. The molecule has 1 aromatic heterocycles. The largest absolute Gasteiger partial charge is 0.330 e. The highest BCUT2D eigenvalue weighted by Gasteiger charge is 2.19. The third kappa shape index (κ3) is 4.40. The van der Waals surface area contributed by atoms with Gasteiger partial charge in [0.2, 0.25) is 5.56 Å². The molecule has 1 atom stereocenters. The molecule has 1 unspecified atom stereocenters. The maximum absolute atomic E-state index is 12.5. The molecule has 0 aliphatic carbocycles. The highest BCUT2D eigenvalue weighted by molar-refractivity contribution is 9.10. The molecular formula is C15H18BrClN2O2. The van der Waals surface area contributed by atoms with E-state index in [-0.39, 0.29) is 28.6 Å². The van der Waals surface area contributed by atoms with Gasteiger partial charge in [0.1, 0.15) is 0 Å². The summed E-state index contributed by atoms with van der Waals surface area (Å²) in [6.45, 7) is 0.627. The second-order valence-corrected chi connectivity index (χ2v) is 5.81. The van der Waals surface area contributed by atoms with Gasteiger partial charge in [-0.25, -0.2) is 0 Å². The number of rotatable bonds is 6. The van der Waals surface area contributed by atoms with Crippen LogP contribution in [0.4, 0.5) is 0 Å². The van der Waals surface area contributed by atoms with Crippen molar-refractivity contribution in [3.63, 3.8) is 0 Å². The Hall–Kier alpha value is -1.17. The van der Waals surface area contributed by atoms with Crippen LogP contribution < -0.4 is 11.3 Å². The van der Waals surface area contributed by atoms with Crippen LogP contribution >= 0.6 is 28.3 Å².